The predicted molar refractivity (Wildman–Crippen MR) is 160 cm³/mol. The normalized spacial score (nSPS) is 16.9. The Kier molecular flexibility index (Phi) is 8.10. The molecule has 9 heteroatoms. The van der Waals surface area contributed by atoms with Crippen LogP contribution < -0.4 is 10.5 Å². The average Bonchev–Trinajstić information content (AvgIpc) is 3.41. The van der Waals surface area contributed by atoms with E-state index in [4.69, 9.17) is 15.2 Å². The summed E-state index contributed by atoms with van der Waals surface area (Å²) in [5.41, 5.74) is 10.7. The van der Waals surface area contributed by atoms with E-state index in [0.29, 0.717) is 36.2 Å². The zero-order valence-electron chi connectivity index (χ0n) is 23.1. The van der Waals surface area contributed by atoms with Crippen molar-refractivity contribution in [1.82, 2.24) is 9.19 Å². The number of nitrogens with zero attached hydrogens (tertiary/aromatic N) is 2. The maximum atomic E-state index is 13.9. The van der Waals surface area contributed by atoms with Crippen molar-refractivity contribution in [2.45, 2.75) is 44.6 Å². The van der Waals surface area contributed by atoms with Gasteiger partial charge in [0.25, 0.3) is 10.0 Å². The first-order chi connectivity index (χ1) is 19.7. The van der Waals surface area contributed by atoms with Crippen LogP contribution in [0.4, 0.5) is 0 Å². The van der Waals surface area contributed by atoms with Gasteiger partial charge in [-0.2, -0.15) is 9.19 Å². The predicted octanol–water partition coefficient (Wildman–Crippen LogP) is 5.16. The highest BCUT2D eigenvalue weighted by atomic mass is 32.2. The average molecular weight is 572 g/mol. The number of carbonyl (C=O) groups excluding carboxylic acids is 1. The molecule has 41 heavy (non-hydrogen) atoms. The van der Waals surface area contributed by atoms with Crippen molar-refractivity contribution in [3.63, 3.8) is 0 Å². The quantitative estimate of drug-likeness (QED) is 0.262. The third-order valence-corrected chi connectivity index (χ3v) is 9.49. The van der Waals surface area contributed by atoms with Gasteiger partial charge in [0.2, 0.25) is 0 Å². The summed E-state index contributed by atoms with van der Waals surface area (Å²) in [7, 11) is -3.91. The maximum absolute atomic E-state index is 13.9. The van der Waals surface area contributed by atoms with Gasteiger partial charge in [0.15, 0.2) is 0 Å². The van der Waals surface area contributed by atoms with Crippen LogP contribution in [0, 0.1) is 0 Å². The van der Waals surface area contributed by atoms with Gasteiger partial charge >= 0.3 is 5.97 Å². The van der Waals surface area contributed by atoms with Crippen molar-refractivity contribution in [2.24, 2.45) is 5.73 Å². The number of para-hydroxylation sites is 1. The molecule has 0 spiro atoms. The fourth-order valence-electron chi connectivity index (χ4n) is 4.84. The summed E-state index contributed by atoms with van der Waals surface area (Å²) in [6.07, 6.45) is 7.51. The molecule has 1 heterocycles. The minimum Gasteiger partial charge on any atom is -0.489 e. The van der Waals surface area contributed by atoms with Crippen LogP contribution in [0.15, 0.2) is 91.2 Å². The molecule has 1 aliphatic carbocycles. The molecule has 212 valence electrons. The van der Waals surface area contributed by atoms with Gasteiger partial charge in [-0.05, 0) is 60.7 Å². The van der Waals surface area contributed by atoms with Crippen LogP contribution in [0.5, 0.6) is 5.75 Å². The maximum Gasteiger partial charge on any atom is 0.310 e. The van der Waals surface area contributed by atoms with Crippen LogP contribution in [0.2, 0.25) is 0 Å². The van der Waals surface area contributed by atoms with Gasteiger partial charge < -0.3 is 15.2 Å². The monoisotopic (exact) mass is 571 g/mol. The number of fused-ring (bicyclic) bond motifs is 1. The van der Waals surface area contributed by atoms with Crippen molar-refractivity contribution in [1.29, 1.82) is 0 Å². The highest BCUT2D eigenvalue weighted by Gasteiger charge is 2.40. The number of hydrogen-bond donors (Lipinski definition) is 1. The lowest BCUT2D eigenvalue weighted by atomic mass is 9.93. The van der Waals surface area contributed by atoms with Crippen molar-refractivity contribution >= 4 is 32.5 Å². The molecule has 0 fully saturated rings. The van der Waals surface area contributed by atoms with Gasteiger partial charge in [-0.1, -0.05) is 66.8 Å². The van der Waals surface area contributed by atoms with Crippen LogP contribution in [-0.4, -0.2) is 34.9 Å². The topological polar surface area (TPSA) is 114 Å². The molecule has 0 saturated carbocycles. The SMILES string of the molecule is CCOC(=O)Cc1ccccc1OCc1ccc2cnn(S(=O)(=O)C3(C)C=CC(c4cccc(CN)c4)=CC3)c2c1. The number of hydrogen-bond acceptors (Lipinski definition) is 7. The Morgan fingerprint density at radius 3 is 2.66 bits per heavy atom. The van der Waals surface area contributed by atoms with Crippen LogP contribution in [-0.2, 0) is 39.1 Å². The third kappa shape index (κ3) is 5.82. The number of allylic oxidation sites excluding steroid dienone is 3. The molecule has 5 rings (SSSR count). The number of benzene rings is 3. The van der Waals surface area contributed by atoms with E-state index in [9.17, 15) is 13.2 Å². The summed E-state index contributed by atoms with van der Waals surface area (Å²) in [4.78, 5) is 12.0. The van der Waals surface area contributed by atoms with Crippen molar-refractivity contribution < 1.29 is 22.7 Å². The molecule has 0 aliphatic heterocycles. The molecule has 4 aromatic rings. The molecule has 1 aliphatic rings. The number of aromatic nitrogens is 2. The number of nitrogens with two attached hydrogens (primary N) is 1. The summed E-state index contributed by atoms with van der Waals surface area (Å²) in [5.74, 6) is 0.247. The first-order valence-electron chi connectivity index (χ1n) is 13.5. The first kappa shape index (κ1) is 28.3. The van der Waals surface area contributed by atoms with E-state index in [0.717, 1.165) is 31.9 Å². The number of esters is 1. The van der Waals surface area contributed by atoms with Crippen molar-refractivity contribution in [3.8, 4) is 5.75 Å². The van der Waals surface area contributed by atoms with Gasteiger partial charge in [-0.15, -0.1) is 0 Å². The number of ether oxygens (including phenoxy) is 2. The second-order valence-electron chi connectivity index (χ2n) is 10.2. The molecule has 1 aromatic heterocycles. The molecular formula is C32H33N3O5S. The molecule has 2 N–H and O–H groups in total. The lowest BCUT2D eigenvalue weighted by Crippen LogP contribution is -2.38. The molecule has 0 bridgehead atoms. The summed E-state index contributed by atoms with van der Waals surface area (Å²) in [6, 6.07) is 20.7. The van der Waals surface area contributed by atoms with E-state index in [-0.39, 0.29) is 19.0 Å². The smallest absolute Gasteiger partial charge is 0.310 e. The van der Waals surface area contributed by atoms with Gasteiger partial charge in [0.05, 0.1) is 24.7 Å². The Labute approximate surface area is 240 Å². The zero-order chi connectivity index (χ0) is 29.0. The molecule has 1 atom stereocenters. The summed E-state index contributed by atoms with van der Waals surface area (Å²) in [6.45, 7) is 4.42. The highest BCUT2D eigenvalue weighted by Crippen LogP contribution is 2.35. The lowest BCUT2D eigenvalue weighted by Gasteiger charge is -2.28. The van der Waals surface area contributed by atoms with Gasteiger partial charge in [0.1, 0.15) is 17.1 Å². The molecule has 8 nitrogen and oxygen atoms in total. The molecule has 3 aromatic carbocycles. The minimum absolute atomic E-state index is 0.106. The first-order valence-corrected chi connectivity index (χ1v) is 14.9. The van der Waals surface area contributed by atoms with Crippen molar-refractivity contribution in [2.75, 3.05) is 6.61 Å². The van der Waals surface area contributed by atoms with Gasteiger partial charge in [-0.3, -0.25) is 4.79 Å². The molecule has 0 amide bonds. The van der Waals surface area contributed by atoms with Crippen LogP contribution in [0.3, 0.4) is 0 Å². The van der Waals surface area contributed by atoms with Crippen LogP contribution >= 0.6 is 0 Å². The third-order valence-electron chi connectivity index (χ3n) is 7.27. The summed E-state index contributed by atoms with van der Waals surface area (Å²) in [5, 5.41) is 4.99. The largest absolute Gasteiger partial charge is 0.489 e. The Hall–Kier alpha value is -4.21. The van der Waals surface area contributed by atoms with E-state index in [2.05, 4.69) is 5.10 Å². The number of carbonyl (C=O) groups is 1. The second-order valence-corrected chi connectivity index (χ2v) is 12.4. The van der Waals surface area contributed by atoms with Crippen LogP contribution in [0.1, 0.15) is 42.5 Å². The standard InChI is InChI=1S/C32H33N3O5S/c1-3-39-31(36)19-27-8-4-5-10-30(27)40-22-24-11-12-28-21-34-35(29(28)18-24)41(37,38)32(2)15-13-25(14-16-32)26-9-6-7-23(17-26)20-33/h4-15,17-18,21H,3,16,19-20,22,33H2,1-2H3. The van der Waals surface area contributed by atoms with E-state index < -0.39 is 14.8 Å². The van der Waals surface area contributed by atoms with E-state index in [1.54, 1.807) is 38.3 Å². The molecule has 1 unspecified atom stereocenters. The zero-order valence-corrected chi connectivity index (χ0v) is 23.9. The van der Waals surface area contributed by atoms with Crippen LogP contribution in [0.25, 0.3) is 16.5 Å². The van der Waals surface area contributed by atoms with E-state index in [1.807, 2.05) is 66.7 Å². The minimum atomic E-state index is -3.91. The summed E-state index contributed by atoms with van der Waals surface area (Å²) >= 11 is 0. The highest BCUT2D eigenvalue weighted by molar-refractivity contribution is 7.91. The van der Waals surface area contributed by atoms with Gasteiger partial charge in [0, 0.05) is 17.5 Å². The summed E-state index contributed by atoms with van der Waals surface area (Å²) < 4.78 is 39.0. The Morgan fingerprint density at radius 1 is 1.07 bits per heavy atom. The molecule has 0 saturated heterocycles. The van der Waals surface area contributed by atoms with Gasteiger partial charge in [-0.25, -0.2) is 8.42 Å². The van der Waals surface area contributed by atoms with Crippen molar-refractivity contribution in [3.05, 3.63) is 113 Å². The van der Waals surface area contributed by atoms with E-state index >= 15 is 0 Å². The fourth-order valence-corrected chi connectivity index (χ4v) is 6.35. The Bertz CT molecular complexity index is 1760. The number of rotatable bonds is 10. The molecule has 0 radical (unpaired) electrons. The fraction of sp³-hybridized carbons (Fsp3) is 0.250. The van der Waals surface area contributed by atoms with E-state index in [1.165, 1.54) is 0 Å². The molecular weight excluding hydrogens is 538 g/mol. The lowest BCUT2D eigenvalue weighted by molar-refractivity contribution is -0.142. The Morgan fingerprint density at radius 2 is 1.90 bits per heavy atom. The Balaban J connectivity index is 1.37. The second kappa shape index (κ2) is 11.7.